The largest absolute Gasteiger partial charge is 0.298 e. The van der Waals surface area contributed by atoms with Gasteiger partial charge in [-0.15, -0.1) is 0 Å². The molecule has 1 saturated carbocycles. The number of piperazine rings is 1. The maximum absolute atomic E-state index is 2.94. The second-order valence-electron chi connectivity index (χ2n) is 7.97. The number of hydrogen-bond acceptors (Lipinski definition) is 2. The van der Waals surface area contributed by atoms with E-state index in [0.717, 1.165) is 30.0 Å². The summed E-state index contributed by atoms with van der Waals surface area (Å²) in [6, 6.07) is 2.58. The second-order valence-corrected chi connectivity index (χ2v) is 7.97. The molecule has 2 nitrogen and oxygen atoms in total. The molecule has 2 aliphatic heterocycles. The Kier molecular flexibility index (Phi) is 4.72. The number of rotatable bonds is 2. The molecule has 0 N–H and O–H groups in total. The molecule has 20 heavy (non-hydrogen) atoms. The highest BCUT2D eigenvalue weighted by molar-refractivity contribution is 4.94. The number of nitrogens with zero attached hydrogens (tertiary/aromatic N) is 2. The molecule has 0 amide bonds. The zero-order valence-corrected chi connectivity index (χ0v) is 13.9. The number of piperidine rings is 1. The van der Waals surface area contributed by atoms with Crippen LogP contribution in [0.15, 0.2) is 0 Å². The lowest BCUT2D eigenvalue weighted by atomic mass is 9.78. The van der Waals surface area contributed by atoms with Gasteiger partial charge in [-0.1, -0.05) is 27.2 Å². The zero-order valence-electron chi connectivity index (χ0n) is 13.9. The molecule has 3 rings (SSSR count). The molecule has 0 bridgehead atoms. The van der Waals surface area contributed by atoms with E-state index < -0.39 is 0 Å². The Labute approximate surface area is 125 Å². The van der Waals surface area contributed by atoms with Crippen LogP contribution in [-0.2, 0) is 0 Å². The van der Waals surface area contributed by atoms with Gasteiger partial charge in [0.15, 0.2) is 0 Å². The van der Waals surface area contributed by atoms with Gasteiger partial charge in [0.2, 0.25) is 0 Å². The quantitative estimate of drug-likeness (QED) is 0.759. The van der Waals surface area contributed by atoms with Crippen LogP contribution in [0.4, 0.5) is 0 Å². The van der Waals surface area contributed by atoms with Gasteiger partial charge < -0.3 is 0 Å². The van der Waals surface area contributed by atoms with E-state index in [1.165, 1.54) is 64.6 Å². The van der Waals surface area contributed by atoms with Crippen molar-refractivity contribution >= 4 is 0 Å². The highest BCUT2D eigenvalue weighted by Crippen LogP contribution is 2.35. The van der Waals surface area contributed by atoms with Crippen LogP contribution in [-0.4, -0.2) is 47.6 Å². The molecule has 2 heterocycles. The van der Waals surface area contributed by atoms with Crippen LogP contribution >= 0.6 is 0 Å². The van der Waals surface area contributed by atoms with E-state index in [2.05, 4.69) is 30.6 Å². The molecule has 0 radical (unpaired) electrons. The van der Waals surface area contributed by atoms with Gasteiger partial charge in [0, 0.05) is 31.2 Å². The summed E-state index contributed by atoms with van der Waals surface area (Å²) in [5, 5.41) is 0. The molecule has 3 fully saturated rings. The summed E-state index contributed by atoms with van der Waals surface area (Å²) in [6.45, 7) is 11.4. The maximum Gasteiger partial charge on any atom is 0.0224 e. The van der Waals surface area contributed by atoms with Crippen LogP contribution in [0, 0.1) is 11.8 Å². The van der Waals surface area contributed by atoms with Crippen LogP contribution in [0.5, 0.6) is 0 Å². The number of hydrogen-bond donors (Lipinski definition) is 0. The topological polar surface area (TPSA) is 6.48 Å². The SMILES string of the molecule is CCC1CN2CCCCC2CN1C1CC(C)CC(C)C1. The Bertz CT molecular complexity index is 307. The lowest BCUT2D eigenvalue weighted by Crippen LogP contribution is -2.62. The molecule has 3 aliphatic rings. The molecule has 0 aromatic rings. The minimum atomic E-state index is 0.826. The van der Waals surface area contributed by atoms with Crippen molar-refractivity contribution in [3.05, 3.63) is 0 Å². The van der Waals surface area contributed by atoms with E-state index >= 15 is 0 Å². The third-order valence-corrected chi connectivity index (χ3v) is 6.18. The van der Waals surface area contributed by atoms with Crippen molar-refractivity contribution in [1.82, 2.24) is 9.80 Å². The minimum absolute atomic E-state index is 0.826. The van der Waals surface area contributed by atoms with Gasteiger partial charge in [0.25, 0.3) is 0 Å². The van der Waals surface area contributed by atoms with Gasteiger partial charge in [0.05, 0.1) is 0 Å². The van der Waals surface area contributed by atoms with Crippen molar-refractivity contribution < 1.29 is 0 Å². The highest BCUT2D eigenvalue weighted by Gasteiger charge is 2.39. The molecule has 0 aromatic carbocycles. The van der Waals surface area contributed by atoms with Crippen molar-refractivity contribution in [3.63, 3.8) is 0 Å². The van der Waals surface area contributed by atoms with Gasteiger partial charge in [0.1, 0.15) is 0 Å². The smallest absolute Gasteiger partial charge is 0.0224 e. The molecule has 116 valence electrons. The summed E-state index contributed by atoms with van der Waals surface area (Å²) in [5.74, 6) is 1.87. The van der Waals surface area contributed by atoms with Crippen molar-refractivity contribution in [2.75, 3.05) is 19.6 Å². The fourth-order valence-corrected chi connectivity index (χ4v) is 5.26. The van der Waals surface area contributed by atoms with Crippen molar-refractivity contribution in [3.8, 4) is 0 Å². The predicted molar refractivity (Wildman–Crippen MR) is 86.0 cm³/mol. The van der Waals surface area contributed by atoms with E-state index in [4.69, 9.17) is 0 Å². The van der Waals surface area contributed by atoms with Gasteiger partial charge in [-0.25, -0.2) is 0 Å². The van der Waals surface area contributed by atoms with Crippen LogP contribution in [0.2, 0.25) is 0 Å². The molecule has 1 aliphatic carbocycles. The molecule has 2 saturated heterocycles. The lowest BCUT2D eigenvalue weighted by molar-refractivity contribution is -0.0328. The third kappa shape index (κ3) is 3.06. The van der Waals surface area contributed by atoms with E-state index in [9.17, 15) is 0 Å². The number of fused-ring (bicyclic) bond motifs is 1. The fourth-order valence-electron chi connectivity index (χ4n) is 5.26. The van der Waals surface area contributed by atoms with E-state index in [1.54, 1.807) is 0 Å². The Balaban J connectivity index is 1.69. The summed E-state index contributed by atoms with van der Waals surface area (Å²) < 4.78 is 0. The van der Waals surface area contributed by atoms with E-state index in [1.807, 2.05) is 0 Å². The van der Waals surface area contributed by atoms with Crippen molar-refractivity contribution in [1.29, 1.82) is 0 Å². The summed E-state index contributed by atoms with van der Waals surface area (Å²) in [7, 11) is 0. The Morgan fingerprint density at radius 2 is 1.65 bits per heavy atom. The Morgan fingerprint density at radius 1 is 0.900 bits per heavy atom. The van der Waals surface area contributed by atoms with E-state index in [0.29, 0.717) is 0 Å². The molecular weight excluding hydrogens is 244 g/mol. The van der Waals surface area contributed by atoms with Gasteiger partial charge in [-0.3, -0.25) is 9.80 Å². The Morgan fingerprint density at radius 3 is 2.35 bits per heavy atom. The average molecular weight is 278 g/mol. The van der Waals surface area contributed by atoms with Crippen molar-refractivity contribution in [2.45, 2.75) is 83.8 Å². The summed E-state index contributed by atoms with van der Waals surface area (Å²) >= 11 is 0. The summed E-state index contributed by atoms with van der Waals surface area (Å²) in [4.78, 5) is 5.75. The molecular formula is C18H34N2. The lowest BCUT2D eigenvalue weighted by Gasteiger charge is -2.52. The standard InChI is InChI=1S/C18H34N2/c1-4-16-12-19-8-6-5-7-17(19)13-20(16)18-10-14(2)9-15(3)11-18/h14-18H,4-13H2,1-3H3. The first-order valence-electron chi connectivity index (χ1n) is 9.17. The average Bonchev–Trinajstić information content (AvgIpc) is 2.44. The van der Waals surface area contributed by atoms with Gasteiger partial charge in [-0.2, -0.15) is 0 Å². The third-order valence-electron chi connectivity index (χ3n) is 6.18. The van der Waals surface area contributed by atoms with Gasteiger partial charge >= 0.3 is 0 Å². The Hall–Kier alpha value is -0.0800. The molecule has 4 unspecified atom stereocenters. The minimum Gasteiger partial charge on any atom is -0.298 e. The van der Waals surface area contributed by atoms with E-state index in [-0.39, 0.29) is 0 Å². The van der Waals surface area contributed by atoms with Crippen LogP contribution in [0.1, 0.15) is 65.7 Å². The zero-order chi connectivity index (χ0) is 14.1. The first-order valence-corrected chi connectivity index (χ1v) is 9.17. The summed E-state index contributed by atoms with van der Waals surface area (Å²) in [6.07, 6.45) is 10.0. The monoisotopic (exact) mass is 278 g/mol. The molecule has 0 spiro atoms. The fraction of sp³-hybridized carbons (Fsp3) is 1.00. The summed E-state index contributed by atoms with van der Waals surface area (Å²) in [5.41, 5.74) is 0. The van der Waals surface area contributed by atoms with Crippen LogP contribution in [0.25, 0.3) is 0 Å². The predicted octanol–water partition coefficient (Wildman–Crippen LogP) is 3.76. The second kappa shape index (κ2) is 6.36. The van der Waals surface area contributed by atoms with Gasteiger partial charge in [-0.05, 0) is 56.9 Å². The first-order chi connectivity index (χ1) is 9.67. The molecule has 0 aromatic heterocycles. The molecule has 4 atom stereocenters. The normalized spacial score (nSPS) is 44.2. The first kappa shape index (κ1) is 14.8. The van der Waals surface area contributed by atoms with Crippen LogP contribution < -0.4 is 0 Å². The van der Waals surface area contributed by atoms with Crippen LogP contribution in [0.3, 0.4) is 0 Å². The highest BCUT2D eigenvalue weighted by atomic mass is 15.3. The maximum atomic E-state index is 2.94. The van der Waals surface area contributed by atoms with Crippen molar-refractivity contribution in [2.24, 2.45) is 11.8 Å². The molecule has 2 heteroatoms.